The van der Waals surface area contributed by atoms with E-state index in [4.69, 9.17) is 19.4 Å². The van der Waals surface area contributed by atoms with E-state index in [0.29, 0.717) is 55.8 Å². The highest BCUT2D eigenvalue weighted by Gasteiger charge is 2.40. The van der Waals surface area contributed by atoms with Crippen molar-refractivity contribution in [1.29, 1.82) is 0 Å². The smallest absolute Gasteiger partial charge is 0.324 e. The number of aryl methyl sites for hydroxylation is 1. The van der Waals surface area contributed by atoms with Gasteiger partial charge in [-0.15, -0.1) is 11.3 Å². The van der Waals surface area contributed by atoms with E-state index in [0.717, 1.165) is 68.5 Å². The minimum atomic E-state index is -1.10. The number of carbonyl (C=O) groups is 4. The Morgan fingerprint density at radius 1 is 1.03 bits per heavy atom. The maximum atomic E-state index is 14.8. The van der Waals surface area contributed by atoms with Crippen molar-refractivity contribution in [2.75, 3.05) is 33.9 Å². The normalized spacial score (nSPS) is 20.4. The lowest BCUT2D eigenvalue weighted by Gasteiger charge is -2.37. The molecule has 6 bridgehead atoms. The van der Waals surface area contributed by atoms with Crippen LogP contribution in [-0.2, 0) is 49.7 Å². The molecule has 4 aromatic heterocycles. The lowest BCUT2D eigenvalue weighted by Crippen LogP contribution is -2.62. The number of benzene rings is 2. The molecule has 2 aromatic carbocycles. The number of amides is 4. The van der Waals surface area contributed by atoms with Crippen LogP contribution in [0.15, 0.2) is 72.4 Å². The third-order valence-corrected chi connectivity index (χ3v) is 15.5. The summed E-state index contributed by atoms with van der Waals surface area (Å²) in [7, 11) is 3.31. The van der Waals surface area contributed by atoms with Gasteiger partial charge in [-0.2, -0.15) is 0 Å². The van der Waals surface area contributed by atoms with Crippen molar-refractivity contribution < 1.29 is 33.0 Å². The van der Waals surface area contributed by atoms with Gasteiger partial charge in [-0.1, -0.05) is 39.8 Å². The van der Waals surface area contributed by atoms with E-state index < -0.39 is 41.3 Å². The molecule has 6 aromatic rings. The minimum Gasteiger partial charge on any atom is -0.464 e. The molecule has 2 saturated heterocycles. The standard InChI is InChI=1S/C55H66FN9O6S/c1-9-63-46-19-18-34-26-40(46)41(50(63)39-16-11-21-58-48(39)33(4)70-8)29-55(5,6)31-71-53(68)42-17-13-23-65(61-42)52(67)44(28-47-59-45(34)30-72-47)60-51(66)49(32(2)3)62(7)54(69)64-22-12-14-37(64)25-35-24-36(56)27-43-38(35)15-10-20-57-43/h10-11,15-16,18-21,24,26-27,30,32-33,37,42,44,49,61H,9,12-14,17,22-23,25,28-29,31H2,1-8H3,(H,60,66)/t33-,37-,42-,44-,49-/m0/s1. The Balaban J connectivity index is 1.04. The molecule has 0 unspecified atom stereocenters. The van der Waals surface area contributed by atoms with Crippen LogP contribution in [0.5, 0.6) is 0 Å². The molecule has 0 radical (unpaired) electrons. The molecule has 15 nitrogen and oxygen atoms in total. The van der Waals surface area contributed by atoms with Crippen LogP contribution in [0.1, 0.15) is 95.2 Å². The lowest BCUT2D eigenvalue weighted by atomic mass is 9.84. The Bertz CT molecular complexity index is 3010. The Morgan fingerprint density at radius 3 is 2.58 bits per heavy atom. The number of hydrogen-bond donors (Lipinski definition) is 2. The van der Waals surface area contributed by atoms with Gasteiger partial charge >= 0.3 is 12.0 Å². The molecule has 17 heteroatoms. The topological polar surface area (TPSA) is 164 Å². The summed E-state index contributed by atoms with van der Waals surface area (Å²) in [6, 6.07) is 13.7. The number of carbonyl (C=O) groups excluding carboxylic acids is 4. The van der Waals surface area contributed by atoms with Crippen LogP contribution in [0.4, 0.5) is 9.18 Å². The summed E-state index contributed by atoms with van der Waals surface area (Å²) in [4.78, 5) is 75.6. The lowest BCUT2D eigenvalue weighted by molar-refractivity contribution is -0.155. The number of ether oxygens (including phenoxy) is 2. The first-order valence-corrected chi connectivity index (χ1v) is 26.1. The third-order valence-electron chi connectivity index (χ3n) is 14.6. The monoisotopic (exact) mass is 999 g/mol. The summed E-state index contributed by atoms with van der Waals surface area (Å²) in [6.07, 6.45) is 6.70. The van der Waals surface area contributed by atoms with Crippen molar-refractivity contribution in [3.05, 3.63) is 100 Å². The number of esters is 1. The second-order valence-corrected chi connectivity index (χ2v) is 21.6. The maximum absolute atomic E-state index is 14.8. The average Bonchev–Trinajstić information content (AvgIpc) is 4.12. The number of hydrazine groups is 1. The number of thiazole rings is 1. The molecule has 4 amide bonds. The molecule has 0 aliphatic carbocycles. The van der Waals surface area contributed by atoms with E-state index in [-0.39, 0.29) is 42.9 Å². The molecule has 5 atom stereocenters. The molecule has 2 fully saturated rings. The molecule has 0 spiro atoms. The van der Waals surface area contributed by atoms with Crippen LogP contribution in [0.2, 0.25) is 0 Å². The van der Waals surface area contributed by atoms with E-state index in [2.05, 4.69) is 65.3 Å². The average molecular weight is 1000 g/mol. The molecule has 0 saturated carbocycles. The zero-order valence-corrected chi connectivity index (χ0v) is 43.4. The van der Waals surface area contributed by atoms with E-state index in [1.165, 1.54) is 33.4 Å². The van der Waals surface area contributed by atoms with Crippen LogP contribution in [0.25, 0.3) is 44.3 Å². The van der Waals surface area contributed by atoms with E-state index in [9.17, 15) is 23.6 Å². The van der Waals surface area contributed by atoms with Crippen molar-refractivity contribution in [2.24, 2.45) is 11.3 Å². The van der Waals surface area contributed by atoms with Crippen molar-refractivity contribution in [3.63, 3.8) is 0 Å². The first-order valence-electron chi connectivity index (χ1n) is 25.2. The third kappa shape index (κ3) is 10.2. The number of cyclic esters (lactones) is 1. The number of halogens is 1. The summed E-state index contributed by atoms with van der Waals surface area (Å²) < 4.78 is 29.1. The van der Waals surface area contributed by atoms with Crippen molar-refractivity contribution in [2.45, 2.75) is 123 Å². The molecule has 72 heavy (non-hydrogen) atoms. The number of urea groups is 1. The number of nitrogens with zero attached hydrogens (tertiary/aromatic N) is 7. The summed E-state index contributed by atoms with van der Waals surface area (Å²) in [5.74, 6) is -2.10. The SMILES string of the molecule is CCn1c(-c2cccnc2[C@H](C)OC)c2c3cc(ccc31)-c1csc(n1)C[C@H](NC(=O)[C@H](C(C)C)N(C)C(=O)N1CCC[C@H]1Cc1cc(F)cc3ncccc13)C(=O)N1CCC[C@H](N1)C(=O)OCC(C)(C)C2. The highest BCUT2D eigenvalue weighted by atomic mass is 32.1. The fraction of sp³-hybridized carbons (Fsp3) is 0.473. The summed E-state index contributed by atoms with van der Waals surface area (Å²) in [5, 5.41) is 8.98. The number of methoxy groups -OCH3 is 1. The largest absolute Gasteiger partial charge is 0.464 e. The Hall–Kier alpha value is -6.30. The van der Waals surface area contributed by atoms with Gasteiger partial charge in [0.05, 0.1) is 40.3 Å². The van der Waals surface area contributed by atoms with Crippen LogP contribution in [0, 0.1) is 17.2 Å². The van der Waals surface area contributed by atoms with Gasteiger partial charge < -0.3 is 29.2 Å². The zero-order chi connectivity index (χ0) is 51.0. The number of rotatable bonds is 10. The molecule has 3 aliphatic heterocycles. The van der Waals surface area contributed by atoms with Crippen LogP contribution in [-0.4, -0.2) is 116 Å². The molecule has 7 heterocycles. The number of likely N-dealkylation sites (tertiary alicyclic amines) is 1. The Labute approximate surface area is 424 Å². The van der Waals surface area contributed by atoms with Gasteiger partial charge in [0.15, 0.2) is 0 Å². The number of aromatic nitrogens is 4. The predicted octanol–water partition coefficient (Wildman–Crippen LogP) is 8.67. The van der Waals surface area contributed by atoms with Gasteiger partial charge in [0.25, 0.3) is 5.91 Å². The number of pyridine rings is 2. The molecule has 9 rings (SSSR count). The van der Waals surface area contributed by atoms with Gasteiger partial charge in [-0.05, 0) is 106 Å². The van der Waals surface area contributed by atoms with Crippen LogP contribution < -0.4 is 10.7 Å². The molecular formula is C55H66FN9O6S. The summed E-state index contributed by atoms with van der Waals surface area (Å²) in [6.45, 7) is 13.7. The second kappa shape index (κ2) is 21.0. The van der Waals surface area contributed by atoms with Crippen molar-refractivity contribution in [3.8, 4) is 22.5 Å². The fourth-order valence-electron chi connectivity index (χ4n) is 11.0. The van der Waals surface area contributed by atoms with Gasteiger partial charge in [-0.25, -0.2) is 19.6 Å². The first-order chi connectivity index (χ1) is 34.5. The molecule has 2 N–H and O–H groups in total. The highest BCUT2D eigenvalue weighted by molar-refractivity contribution is 7.10. The number of hydrogen-bond acceptors (Lipinski definition) is 11. The Morgan fingerprint density at radius 2 is 1.81 bits per heavy atom. The predicted molar refractivity (Wildman–Crippen MR) is 276 cm³/mol. The molecule has 380 valence electrons. The molecule has 3 aliphatic rings. The van der Waals surface area contributed by atoms with Gasteiger partial charge in [0.2, 0.25) is 5.91 Å². The summed E-state index contributed by atoms with van der Waals surface area (Å²) in [5.41, 5.74) is 10.6. The van der Waals surface area contributed by atoms with Crippen molar-refractivity contribution in [1.82, 2.24) is 45.1 Å². The van der Waals surface area contributed by atoms with E-state index in [1.54, 1.807) is 31.5 Å². The summed E-state index contributed by atoms with van der Waals surface area (Å²) >= 11 is 1.41. The van der Waals surface area contributed by atoms with Gasteiger partial charge in [0, 0.05) is 103 Å². The fourth-order valence-corrected chi connectivity index (χ4v) is 11.9. The second-order valence-electron chi connectivity index (χ2n) is 20.7. The van der Waals surface area contributed by atoms with Crippen LogP contribution in [0.3, 0.4) is 0 Å². The maximum Gasteiger partial charge on any atom is 0.324 e. The molecular weight excluding hydrogens is 934 g/mol. The van der Waals surface area contributed by atoms with Crippen LogP contribution >= 0.6 is 11.3 Å². The van der Waals surface area contributed by atoms with Crippen molar-refractivity contribution >= 4 is 57.0 Å². The number of nitrogens with one attached hydrogen (secondary N) is 2. The number of fused-ring (bicyclic) bond motifs is 7. The van der Waals surface area contributed by atoms with Gasteiger partial charge in [0.1, 0.15) is 23.9 Å². The zero-order valence-electron chi connectivity index (χ0n) is 42.5. The number of likely N-dealkylation sites (N-methyl/N-ethyl adjacent to an activating group) is 1. The quantitative estimate of drug-likeness (QED) is 0.127. The van der Waals surface area contributed by atoms with Gasteiger partial charge in [-0.3, -0.25) is 29.4 Å². The van der Waals surface area contributed by atoms with E-state index in [1.807, 2.05) is 44.4 Å². The minimum absolute atomic E-state index is 0.0647. The first kappa shape index (κ1) is 50.6. The van der Waals surface area contributed by atoms with E-state index >= 15 is 0 Å². The highest BCUT2D eigenvalue weighted by Crippen LogP contribution is 2.42. The Kier molecular flexibility index (Phi) is 14.8.